The molecule has 2 heterocycles. The van der Waals surface area contributed by atoms with E-state index < -0.39 is 0 Å². The summed E-state index contributed by atoms with van der Waals surface area (Å²) in [7, 11) is 3.06. The summed E-state index contributed by atoms with van der Waals surface area (Å²) < 4.78 is 10.3. The maximum absolute atomic E-state index is 5.13. The van der Waals surface area contributed by atoms with Crippen LogP contribution in [0, 0.1) is 0 Å². The molecule has 2 aromatic rings. The zero-order chi connectivity index (χ0) is 16.2. The van der Waals surface area contributed by atoms with Gasteiger partial charge < -0.3 is 9.47 Å². The molecule has 1 aromatic heterocycles. The van der Waals surface area contributed by atoms with Crippen LogP contribution in [0.15, 0.2) is 24.3 Å². The van der Waals surface area contributed by atoms with Crippen LogP contribution < -0.4 is 9.47 Å². The number of hydrogen-bond donors (Lipinski definition) is 0. The molecule has 6 heteroatoms. The van der Waals surface area contributed by atoms with E-state index in [1.165, 1.54) is 45.7 Å². The largest absolute Gasteiger partial charge is 0.467 e. The lowest BCUT2D eigenvalue weighted by molar-refractivity contribution is 0.263. The summed E-state index contributed by atoms with van der Waals surface area (Å²) in [6, 6.07) is 9.23. The monoisotopic (exact) mass is 314 g/mol. The fourth-order valence-corrected chi connectivity index (χ4v) is 2.93. The van der Waals surface area contributed by atoms with Crippen LogP contribution in [0.3, 0.4) is 0 Å². The van der Waals surface area contributed by atoms with Crippen LogP contribution in [0.25, 0.3) is 11.4 Å². The van der Waals surface area contributed by atoms with Gasteiger partial charge in [-0.1, -0.05) is 18.2 Å². The quantitative estimate of drug-likeness (QED) is 0.845. The van der Waals surface area contributed by atoms with E-state index in [9.17, 15) is 0 Å². The molecule has 1 atom stereocenters. The molecule has 0 radical (unpaired) electrons. The zero-order valence-electron chi connectivity index (χ0n) is 13.8. The number of aromatic nitrogens is 3. The van der Waals surface area contributed by atoms with Crippen molar-refractivity contribution in [2.24, 2.45) is 0 Å². The van der Waals surface area contributed by atoms with E-state index in [0.717, 1.165) is 5.56 Å². The first-order chi connectivity index (χ1) is 11.2. The fourth-order valence-electron chi connectivity index (χ4n) is 2.93. The second kappa shape index (κ2) is 6.91. The van der Waals surface area contributed by atoms with E-state index in [2.05, 4.69) is 38.9 Å². The number of rotatable bonds is 5. The van der Waals surface area contributed by atoms with Gasteiger partial charge in [0.15, 0.2) is 5.82 Å². The lowest BCUT2D eigenvalue weighted by atomic mass is 10.0. The van der Waals surface area contributed by atoms with E-state index in [4.69, 9.17) is 9.47 Å². The number of nitrogens with zero attached hydrogens (tertiary/aromatic N) is 4. The molecule has 1 saturated heterocycles. The van der Waals surface area contributed by atoms with Gasteiger partial charge in [0.25, 0.3) is 0 Å². The van der Waals surface area contributed by atoms with Crippen LogP contribution >= 0.6 is 0 Å². The molecule has 0 spiro atoms. The molecule has 1 fully saturated rings. The molecule has 6 nitrogen and oxygen atoms in total. The maximum Gasteiger partial charge on any atom is 0.322 e. The summed E-state index contributed by atoms with van der Waals surface area (Å²) in [6.45, 7) is 4.58. The van der Waals surface area contributed by atoms with E-state index >= 15 is 0 Å². The molecule has 0 bridgehead atoms. The molecule has 0 unspecified atom stereocenters. The number of benzene rings is 1. The summed E-state index contributed by atoms with van der Waals surface area (Å²) in [4.78, 5) is 15.2. The molecular weight excluding hydrogens is 292 g/mol. The van der Waals surface area contributed by atoms with Crippen LogP contribution in [0.2, 0.25) is 0 Å². The average Bonchev–Trinajstić information content (AvgIpc) is 3.15. The Morgan fingerprint density at radius 3 is 2.26 bits per heavy atom. The molecule has 1 aliphatic heterocycles. The Hall–Kier alpha value is -2.21. The van der Waals surface area contributed by atoms with Crippen LogP contribution in [0.1, 0.15) is 31.4 Å². The molecular formula is C17H22N4O2. The minimum absolute atomic E-state index is 0.254. The van der Waals surface area contributed by atoms with Gasteiger partial charge in [0.1, 0.15) is 0 Å². The Balaban J connectivity index is 1.93. The topological polar surface area (TPSA) is 60.4 Å². The van der Waals surface area contributed by atoms with Gasteiger partial charge in [-0.2, -0.15) is 9.97 Å². The van der Waals surface area contributed by atoms with E-state index in [0.29, 0.717) is 11.9 Å². The first-order valence-electron chi connectivity index (χ1n) is 7.89. The highest BCUT2D eigenvalue weighted by Crippen LogP contribution is 2.28. The van der Waals surface area contributed by atoms with Crippen molar-refractivity contribution in [1.82, 2.24) is 19.9 Å². The lowest BCUT2D eigenvalue weighted by Crippen LogP contribution is -2.23. The predicted molar refractivity (Wildman–Crippen MR) is 87.6 cm³/mol. The van der Waals surface area contributed by atoms with Gasteiger partial charge in [0.05, 0.1) is 14.2 Å². The highest BCUT2D eigenvalue weighted by atomic mass is 16.5. The zero-order valence-corrected chi connectivity index (χ0v) is 13.8. The van der Waals surface area contributed by atoms with E-state index in [1.54, 1.807) is 0 Å². The Morgan fingerprint density at radius 2 is 1.65 bits per heavy atom. The van der Waals surface area contributed by atoms with Crippen molar-refractivity contribution in [2.45, 2.75) is 25.8 Å². The molecule has 3 rings (SSSR count). The fraction of sp³-hybridized carbons (Fsp3) is 0.471. The van der Waals surface area contributed by atoms with Crippen LogP contribution in [0.4, 0.5) is 0 Å². The first-order valence-corrected chi connectivity index (χ1v) is 7.89. The van der Waals surface area contributed by atoms with Crippen LogP contribution in [0.5, 0.6) is 12.0 Å². The van der Waals surface area contributed by atoms with Crippen molar-refractivity contribution in [3.05, 3.63) is 29.8 Å². The normalized spacial score (nSPS) is 16.3. The van der Waals surface area contributed by atoms with E-state index in [-0.39, 0.29) is 12.0 Å². The van der Waals surface area contributed by atoms with Crippen LogP contribution in [-0.2, 0) is 0 Å². The number of ether oxygens (including phenoxy) is 2. The Labute approximate surface area is 136 Å². The Morgan fingerprint density at radius 1 is 1.00 bits per heavy atom. The second-order valence-electron chi connectivity index (χ2n) is 5.68. The molecule has 0 amide bonds. The molecule has 1 aromatic carbocycles. The highest BCUT2D eigenvalue weighted by molar-refractivity contribution is 5.56. The third kappa shape index (κ3) is 3.42. The van der Waals surface area contributed by atoms with Gasteiger partial charge in [0.2, 0.25) is 0 Å². The van der Waals surface area contributed by atoms with Gasteiger partial charge in [-0.15, -0.1) is 4.98 Å². The second-order valence-corrected chi connectivity index (χ2v) is 5.68. The van der Waals surface area contributed by atoms with Gasteiger partial charge in [0, 0.05) is 11.6 Å². The smallest absolute Gasteiger partial charge is 0.322 e. The van der Waals surface area contributed by atoms with Gasteiger partial charge in [-0.3, -0.25) is 4.90 Å². The van der Waals surface area contributed by atoms with Crippen molar-refractivity contribution in [3.63, 3.8) is 0 Å². The molecule has 0 aliphatic carbocycles. The van der Waals surface area contributed by atoms with Crippen molar-refractivity contribution in [2.75, 3.05) is 27.3 Å². The highest BCUT2D eigenvalue weighted by Gasteiger charge is 2.20. The molecule has 0 N–H and O–H groups in total. The SMILES string of the molecule is COc1nc(OC)nc(-c2cccc([C@@H](C)N3CCCC3)c2)n1. The van der Waals surface area contributed by atoms with E-state index in [1.807, 2.05) is 12.1 Å². The minimum Gasteiger partial charge on any atom is -0.467 e. The first kappa shape index (κ1) is 15.7. The predicted octanol–water partition coefficient (Wildman–Crippen LogP) is 2.71. The summed E-state index contributed by atoms with van der Waals surface area (Å²) >= 11 is 0. The summed E-state index contributed by atoms with van der Waals surface area (Å²) in [6.07, 6.45) is 2.57. The Kier molecular flexibility index (Phi) is 4.71. The van der Waals surface area contributed by atoms with Crippen molar-refractivity contribution >= 4 is 0 Å². The summed E-state index contributed by atoms with van der Waals surface area (Å²) in [5.41, 5.74) is 2.20. The summed E-state index contributed by atoms with van der Waals surface area (Å²) in [5.74, 6) is 0.559. The molecule has 0 saturated carbocycles. The average molecular weight is 314 g/mol. The van der Waals surface area contributed by atoms with Crippen molar-refractivity contribution < 1.29 is 9.47 Å². The van der Waals surface area contributed by atoms with Crippen molar-refractivity contribution in [1.29, 1.82) is 0 Å². The van der Waals surface area contributed by atoms with Gasteiger partial charge >= 0.3 is 12.0 Å². The maximum atomic E-state index is 5.13. The molecule has 23 heavy (non-hydrogen) atoms. The molecule has 122 valence electrons. The standard InChI is InChI=1S/C17H22N4O2/c1-12(21-9-4-5-10-21)13-7-6-8-14(11-13)15-18-16(22-2)20-17(19-15)23-3/h6-8,11-12H,4-5,9-10H2,1-3H3/t12-/m1/s1. The third-order valence-electron chi connectivity index (χ3n) is 4.28. The van der Waals surface area contributed by atoms with Crippen LogP contribution in [-0.4, -0.2) is 47.2 Å². The minimum atomic E-state index is 0.254. The number of likely N-dealkylation sites (tertiary alicyclic amines) is 1. The number of methoxy groups -OCH3 is 2. The van der Waals surface area contributed by atoms with Gasteiger partial charge in [-0.05, 0) is 44.5 Å². The third-order valence-corrected chi connectivity index (χ3v) is 4.28. The lowest BCUT2D eigenvalue weighted by Gasteiger charge is -2.24. The molecule has 1 aliphatic rings. The van der Waals surface area contributed by atoms with Crippen molar-refractivity contribution in [3.8, 4) is 23.4 Å². The Bertz CT molecular complexity index is 649. The number of hydrogen-bond acceptors (Lipinski definition) is 6. The summed E-state index contributed by atoms with van der Waals surface area (Å²) in [5, 5.41) is 0. The van der Waals surface area contributed by atoms with Gasteiger partial charge in [-0.25, -0.2) is 0 Å².